The summed E-state index contributed by atoms with van der Waals surface area (Å²) in [5.74, 6) is 0.715. The van der Waals surface area contributed by atoms with E-state index in [-0.39, 0.29) is 5.75 Å². The van der Waals surface area contributed by atoms with Crippen molar-refractivity contribution in [2.45, 2.75) is 20.3 Å². The van der Waals surface area contributed by atoms with E-state index in [0.29, 0.717) is 12.4 Å². The highest BCUT2D eigenvalue weighted by molar-refractivity contribution is 5.55. The first-order valence-electron chi connectivity index (χ1n) is 6.87. The van der Waals surface area contributed by atoms with E-state index in [1.54, 1.807) is 6.07 Å². The highest BCUT2D eigenvalue weighted by Gasteiger charge is 2.01. The molecule has 0 aliphatic carbocycles. The molecule has 2 aromatic rings. The van der Waals surface area contributed by atoms with E-state index in [1.165, 1.54) is 11.1 Å². The van der Waals surface area contributed by atoms with Crippen LogP contribution in [-0.4, -0.2) is 11.7 Å². The summed E-state index contributed by atoms with van der Waals surface area (Å²) in [7, 11) is 0. The highest BCUT2D eigenvalue weighted by atomic mass is 16.5. The third-order valence-electron chi connectivity index (χ3n) is 3.07. The van der Waals surface area contributed by atoms with Crippen LogP contribution in [0.2, 0.25) is 0 Å². The van der Waals surface area contributed by atoms with E-state index in [1.807, 2.05) is 25.1 Å². The van der Waals surface area contributed by atoms with E-state index in [9.17, 15) is 5.11 Å². The Morgan fingerprint density at radius 2 is 1.85 bits per heavy atom. The van der Waals surface area contributed by atoms with Crippen LogP contribution in [0, 0.1) is 6.92 Å². The number of allylic oxidation sites excluding steroid dienone is 1. The molecule has 2 rings (SSSR count). The lowest BCUT2D eigenvalue weighted by molar-refractivity contribution is 0.318. The van der Waals surface area contributed by atoms with Gasteiger partial charge in [-0.3, -0.25) is 0 Å². The molecular weight excluding hydrogens is 248 g/mol. The number of ether oxygens (including phenoxy) is 1. The van der Waals surface area contributed by atoms with Crippen molar-refractivity contribution in [3.8, 4) is 11.5 Å². The third kappa shape index (κ3) is 3.89. The van der Waals surface area contributed by atoms with Crippen molar-refractivity contribution in [3.63, 3.8) is 0 Å². The van der Waals surface area contributed by atoms with Gasteiger partial charge < -0.3 is 9.84 Å². The van der Waals surface area contributed by atoms with Gasteiger partial charge in [-0.05, 0) is 43.5 Å². The number of rotatable bonds is 5. The van der Waals surface area contributed by atoms with Crippen LogP contribution < -0.4 is 4.74 Å². The average molecular weight is 268 g/mol. The fourth-order valence-corrected chi connectivity index (χ4v) is 1.96. The zero-order valence-corrected chi connectivity index (χ0v) is 12.0. The molecule has 2 aromatic carbocycles. The Kier molecular flexibility index (Phi) is 4.83. The summed E-state index contributed by atoms with van der Waals surface area (Å²) in [5.41, 5.74) is 3.59. The summed E-state index contributed by atoms with van der Waals surface area (Å²) in [6.07, 6.45) is 5.06. The van der Waals surface area contributed by atoms with Crippen LogP contribution in [0.3, 0.4) is 0 Å². The molecule has 0 aromatic heterocycles. The lowest BCUT2D eigenvalue weighted by Gasteiger charge is -2.06. The molecule has 0 heterocycles. The van der Waals surface area contributed by atoms with Gasteiger partial charge in [-0.15, -0.1) is 0 Å². The Bertz CT molecular complexity index is 583. The second-order valence-corrected chi connectivity index (χ2v) is 4.75. The molecule has 0 fully saturated rings. The molecule has 0 spiro atoms. The molecule has 0 unspecified atom stereocenters. The number of phenolic OH excluding ortho intramolecular Hbond substituents is 1. The Labute approximate surface area is 120 Å². The van der Waals surface area contributed by atoms with Gasteiger partial charge in [0.2, 0.25) is 0 Å². The third-order valence-corrected chi connectivity index (χ3v) is 3.07. The zero-order valence-electron chi connectivity index (χ0n) is 12.0. The molecular formula is C18H20O2. The molecule has 0 atom stereocenters. The van der Waals surface area contributed by atoms with Crippen LogP contribution in [0.4, 0.5) is 0 Å². The van der Waals surface area contributed by atoms with Crippen molar-refractivity contribution in [1.29, 1.82) is 0 Å². The largest absolute Gasteiger partial charge is 0.504 e. The minimum Gasteiger partial charge on any atom is -0.504 e. The number of hydrogen-bond donors (Lipinski definition) is 1. The number of aromatic hydroxyl groups is 1. The molecule has 0 bridgehead atoms. The van der Waals surface area contributed by atoms with Gasteiger partial charge in [-0.2, -0.15) is 0 Å². The Balaban J connectivity index is 2.03. The van der Waals surface area contributed by atoms with Gasteiger partial charge in [0.1, 0.15) is 0 Å². The van der Waals surface area contributed by atoms with Crippen LogP contribution in [0.5, 0.6) is 11.5 Å². The van der Waals surface area contributed by atoms with E-state index in [2.05, 4.69) is 37.3 Å². The fourth-order valence-electron chi connectivity index (χ4n) is 1.96. The van der Waals surface area contributed by atoms with E-state index in [0.717, 1.165) is 12.0 Å². The van der Waals surface area contributed by atoms with Crippen molar-refractivity contribution < 1.29 is 9.84 Å². The lowest BCUT2D eigenvalue weighted by Crippen LogP contribution is -1.92. The fraction of sp³-hybridized carbons (Fsp3) is 0.222. The van der Waals surface area contributed by atoms with Gasteiger partial charge in [0.25, 0.3) is 0 Å². The molecule has 0 aliphatic heterocycles. The van der Waals surface area contributed by atoms with Gasteiger partial charge in [-0.1, -0.05) is 48.0 Å². The van der Waals surface area contributed by atoms with Crippen LogP contribution >= 0.6 is 0 Å². The summed E-state index contributed by atoms with van der Waals surface area (Å²) in [5, 5.41) is 9.65. The maximum Gasteiger partial charge on any atom is 0.161 e. The monoisotopic (exact) mass is 268 g/mol. The molecule has 0 saturated carbocycles. The predicted molar refractivity (Wildman–Crippen MR) is 83.2 cm³/mol. The number of phenols is 1. The minimum atomic E-state index is 0.183. The molecule has 2 heteroatoms. The van der Waals surface area contributed by atoms with Gasteiger partial charge in [0.05, 0.1) is 6.61 Å². The molecule has 0 saturated heterocycles. The quantitative estimate of drug-likeness (QED) is 0.873. The number of hydrogen-bond acceptors (Lipinski definition) is 2. The van der Waals surface area contributed by atoms with Crippen molar-refractivity contribution in [2.24, 2.45) is 0 Å². The summed E-state index contributed by atoms with van der Waals surface area (Å²) < 4.78 is 5.37. The van der Waals surface area contributed by atoms with Gasteiger partial charge in [0, 0.05) is 0 Å². The second kappa shape index (κ2) is 6.80. The zero-order chi connectivity index (χ0) is 14.4. The summed E-state index contributed by atoms with van der Waals surface area (Å²) in [6, 6.07) is 13.9. The molecule has 20 heavy (non-hydrogen) atoms. The van der Waals surface area contributed by atoms with E-state index >= 15 is 0 Å². The first-order valence-corrected chi connectivity index (χ1v) is 6.87. The summed E-state index contributed by atoms with van der Waals surface area (Å²) in [6.45, 7) is 4.54. The van der Waals surface area contributed by atoms with Crippen LogP contribution in [0.25, 0.3) is 6.08 Å². The number of benzene rings is 2. The van der Waals surface area contributed by atoms with Gasteiger partial charge in [0.15, 0.2) is 11.5 Å². The number of aryl methyl sites for hydroxylation is 1. The summed E-state index contributed by atoms with van der Waals surface area (Å²) >= 11 is 0. The minimum absolute atomic E-state index is 0.183. The van der Waals surface area contributed by atoms with E-state index < -0.39 is 0 Å². The highest BCUT2D eigenvalue weighted by Crippen LogP contribution is 2.27. The standard InChI is InChI=1S/C18H20O2/c1-3-20-18-13-16(11-12-17(18)19)6-4-5-15-9-7-14(2)8-10-15/h4,6-13,19H,3,5H2,1-2H3/b6-4+. The normalized spacial score (nSPS) is 10.9. The first kappa shape index (κ1) is 14.2. The molecule has 2 nitrogen and oxygen atoms in total. The van der Waals surface area contributed by atoms with Crippen molar-refractivity contribution in [1.82, 2.24) is 0 Å². The summed E-state index contributed by atoms with van der Waals surface area (Å²) in [4.78, 5) is 0. The predicted octanol–water partition coefficient (Wildman–Crippen LogP) is 4.36. The van der Waals surface area contributed by atoms with Gasteiger partial charge >= 0.3 is 0 Å². The maximum atomic E-state index is 9.65. The Morgan fingerprint density at radius 1 is 1.10 bits per heavy atom. The van der Waals surface area contributed by atoms with Crippen LogP contribution in [0.15, 0.2) is 48.5 Å². The lowest BCUT2D eigenvalue weighted by atomic mass is 10.1. The van der Waals surface area contributed by atoms with Crippen molar-refractivity contribution in [2.75, 3.05) is 6.61 Å². The van der Waals surface area contributed by atoms with Crippen molar-refractivity contribution >= 4 is 6.08 Å². The van der Waals surface area contributed by atoms with E-state index in [4.69, 9.17) is 4.74 Å². The molecule has 0 aliphatic rings. The van der Waals surface area contributed by atoms with Gasteiger partial charge in [-0.25, -0.2) is 0 Å². The Hall–Kier alpha value is -2.22. The molecule has 0 amide bonds. The molecule has 1 N–H and O–H groups in total. The Morgan fingerprint density at radius 3 is 2.55 bits per heavy atom. The molecule has 0 radical (unpaired) electrons. The van der Waals surface area contributed by atoms with Crippen LogP contribution in [-0.2, 0) is 6.42 Å². The topological polar surface area (TPSA) is 29.5 Å². The first-order chi connectivity index (χ1) is 9.69. The smallest absolute Gasteiger partial charge is 0.161 e. The SMILES string of the molecule is CCOc1cc(/C=C/Cc2ccc(C)cc2)ccc1O. The van der Waals surface area contributed by atoms with Crippen molar-refractivity contribution in [3.05, 3.63) is 65.2 Å². The average Bonchev–Trinajstić information content (AvgIpc) is 2.45. The molecule has 104 valence electrons. The maximum absolute atomic E-state index is 9.65. The second-order valence-electron chi connectivity index (χ2n) is 4.75. The van der Waals surface area contributed by atoms with Crippen LogP contribution in [0.1, 0.15) is 23.6 Å².